The Bertz CT molecular complexity index is 727. The quantitative estimate of drug-likeness (QED) is 0.728. The molecule has 3 heterocycles. The van der Waals surface area contributed by atoms with Gasteiger partial charge >= 0.3 is 0 Å². The predicted molar refractivity (Wildman–Crippen MR) is 71.3 cm³/mol. The van der Waals surface area contributed by atoms with E-state index in [-0.39, 0.29) is 5.92 Å². The second-order valence-corrected chi connectivity index (χ2v) is 4.97. The molecule has 1 fully saturated rings. The third kappa shape index (κ3) is 1.98. The van der Waals surface area contributed by atoms with Gasteiger partial charge in [-0.25, -0.2) is 4.98 Å². The number of hydrogen-bond acceptors (Lipinski definition) is 5. The molecule has 0 radical (unpaired) electrons. The number of aromatic nitrogens is 4. The molecular weight excluding hydrogens is 256 g/mol. The Morgan fingerprint density at radius 3 is 3.15 bits per heavy atom. The molecule has 1 aliphatic rings. The molecule has 0 aliphatic carbocycles. The summed E-state index contributed by atoms with van der Waals surface area (Å²) in [5.74, 6) is 1.63. The maximum absolute atomic E-state index is 5.35. The third-order valence-electron chi connectivity index (χ3n) is 3.61. The maximum Gasteiger partial charge on any atom is 0.246 e. The largest absolute Gasteiger partial charge is 0.381 e. The third-order valence-corrected chi connectivity index (χ3v) is 3.61. The van der Waals surface area contributed by atoms with E-state index >= 15 is 0 Å². The molecule has 3 aromatic rings. The number of fused-ring (bicyclic) bond motifs is 1. The monoisotopic (exact) mass is 270 g/mol. The summed E-state index contributed by atoms with van der Waals surface area (Å²) < 4.78 is 12.7. The van der Waals surface area contributed by atoms with Gasteiger partial charge in [0.2, 0.25) is 5.89 Å². The Labute approximate surface area is 115 Å². The average molecular weight is 270 g/mol. The lowest BCUT2D eigenvalue weighted by molar-refractivity contribution is 0.192. The summed E-state index contributed by atoms with van der Waals surface area (Å²) in [5, 5.41) is 4.06. The van der Waals surface area contributed by atoms with Crippen LogP contribution in [0.25, 0.3) is 11.0 Å². The molecule has 0 spiro atoms. The SMILES string of the molecule is c1ccc2c(c1)ncn2Cc1nc(C2CCOC2)no1. The molecule has 0 bridgehead atoms. The highest BCUT2D eigenvalue weighted by Crippen LogP contribution is 2.22. The van der Waals surface area contributed by atoms with Crippen LogP contribution in [0, 0.1) is 0 Å². The van der Waals surface area contributed by atoms with E-state index in [0.717, 1.165) is 29.9 Å². The summed E-state index contributed by atoms with van der Waals surface area (Å²) in [6.07, 6.45) is 2.76. The maximum atomic E-state index is 5.35. The summed E-state index contributed by atoms with van der Waals surface area (Å²) in [4.78, 5) is 8.82. The highest BCUT2D eigenvalue weighted by Gasteiger charge is 2.23. The number of benzene rings is 1. The molecule has 1 saturated heterocycles. The van der Waals surface area contributed by atoms with Crippen molar-refractivity contribution in [2.75, 3.05) is 13.2 Å². The number of ether oxygens (including phenoxy) is 1. The van der Waals surface area contributed by atoms with Gasteiger partial charge in [-0.1, -0.05) is 17.3 Å². The first-order chi connectivity index (χ1) is 9.90. The van der Waals surface area contributed by atoms with Crippen molar-refractivity contribution in [3.8, 4) is 0 Å². The Morgan fingerprint density at radius 1 is 1.30 bits per heavy atom. The van der Waals surface area contributed by atoms with Crippen molar-refractivity contribution < 1.29 is 9.26 Å². The second kappa shape index (κ2) is 4.72. The van der Waals surface area contributed by atoms with E-state index in [9.17, 15) is 0 Å². The zero-order chi connectivity index (χ0) is 13.4. The molecule has 1 unspecified atom stereocenters. The number of hydrogen-bond donors (Lipinski definition) is 0. The van der Waals surface area contributed by atoms with Gasteiger partial charge in [-0.05, 0) is 18.6 Å². The molecule has 1 aliphatic heterocycles. The first kappa shape index (κ1) is 11.6. The van der Waals surface area contributed by atoms with Crippen LogP contribution in [0.5, 0.6) is 0 Å². The Morgan fingerprint density at radius 2 is 2.25 bits per heavy atom. The molecule has 1 aromatic carbocycles. The molecule has 0 saturated carbocycles. The van der Waals surface area contributed by atoms with Crippen LogP contribution >= 0.6 is 0 Å². The first-order valence-corrected chi connectivity index (χ1v) is 6.70. The Hall–Kier alpha value is -2.21. The van der Waals surface area contributed by atoms with E-state index in [1.54, 1.807) is 6.33 Å². The standard InChI is InChI=1S/C14H14N4O2/c1-2-4-12-11(3-1)15-9-18(12)7-13-16-14(17-20-13)10-5-6-19-8-10/h1-4,9-10H,5-8H2. The van der Waals surface area contributed by atoms with Gasteiger partial charge in [-0.3, -0.25) is 0 Å². The van der Waals surface area contributed by atoms with Gasteiger partial charge in [0, 0.05) is 12.5 Å². The smallest absolute Gasteiger partial charge is 0.246 e. The Kier molecular flexibility index (Phi) is 2.74. The highest BCUT2D eigenvalue weighted by atomic mass is 16.5. The molecule has 1 atom stereocenters. The number of para-hydroxylation sites is 2. The number of imidazole rings is 1. The first-order valence-electron chi connectivity index (χ1n) is 6.70. The van der Waals surface area contributed by atoms with Crippen molar-refractivity contribution in [1.82, 2.24) is 19.7 Å². The van der Waals surface area contributed by atoms with Gasteiger partial charge in [0.05, 0.1) is 24.0 Å². The van der Waals surface area contributed by atoms with E-state index in [2.05, 4.69) is 15.1 Å². The van der Waals surface area contributed by atoms with E-state index in [0.29, 0.717) is 19.0 Å². The van der Waals surface area contributed by atoms with Crippen LogP contribution < -0.4 is 0 Å². The molecule has 4 rings (SSSR count). The van der Waals surface area contributed by atoms with Gasteiger partial charge in [0.25, 0.3) is 0 Å². The minimum Gasteiger partial charge on any atom is -0.381 e. The zero-order valence-corrected chi connectivity index (χ0v) is 10.9. The van der Waals surface area contributed by atoms with Crippen LogP contribution in [0.15, 0.2) is 35.1 Å². The van der Waals surface area contributed by atoms with Gasteiger partial charge in [0.1, 0.15) is 6.54 Å². The minimum absolute atomic E-state index is 0.270. The van der Waals surface area contributed by atoms with Crippen molar-refractivity contribution in [1.29, 1.82) is 0 Å². The fourth-order valence-corrected chi connectivity index (χ4v) is 2.52. The average Bonchev–Trinajstić information content (AvgIpc) is 3.19. The van der Waals surface area contributed by atoms with Crippen LogP contribution in [-0.2, 0) is 11.3 Å². The summed E-state index contributed by atoms with van der Waals surface area (Å²) in [6, 6.07) is 7.99. The van der Waals surface area contributed by atoms with E-state index in [1.807, 2.05) is 28.8 Å². The summed E-state index contributed by atoms with van der Waals surface area (Å²) in [7, 11) is 0. The molecular formula is C14H14N4O2. The summed E-state index contributed by atoms with van der Waals surface area (Å²) in [6.45, 7) is 2.01. The lowest BCUT2D eigenvalue weighted by Crippen LogP contribution is -2.02. The fourth-order valence-electron chi connectivity index (χ4n) is 2.52. The summed E-state index contributed by atoms with van der Waals surface area (Å²) in [5.41, 5.74) is 2.04. The minimum atomic E-state index is 0.270. The van der Waals surface area contributed by atoms with Crippen LogP contribution in [0.2, 0.25) is 0 Å². The number of rotatable bonds is 3. The Balaban J connectivity index is 1.59. The van der Waals surface area contributed by atoms with Crippen molar-refractivity contribution >= 4 is 11.0 Å². The van der Waals surface area contributed by atoms with Crippen molar-refractivity contribution in [3.05, 3.63) is 42.3 Å². The van der Waals surface area contributed by atoms with Crippen LogP contribution in [0.1, 0.15) is 24.1 Å². The van der Waals surface area contributed by atoms with Crippen molar-refractivity contribution in [2.24, 2.45) is 0 Å². The molecule has 6 nitrogen and oxygen atoms in total. The lowest BCUT2D eigenvalue weighted by Gasteiger charge is -1.99. The van der Waals surface area contributed by atoms with Crippen LogP contribution in [0.4, 0.5) is 0 Å². The molecule has 6 heteroatoms. The fraction of sp³-hybridized carbons (Fsp3) is 0.357. The molecule has 2 aromatic heterocycles. The van der Waals surface area contributed by atoms with E-state index in [4.69, 9.17) is 9.26 Å². The molecule has 102 valence electrons. The van der Waals surface area contributed by atoms with Gasteiger partial charge in [-0.15, -0.1) is 0 Å². The highest BCUT2D eigenvalue weighted by molar-refractivity contribution is 5.74. The van der Waals surface area contributed by atoms with E-state index < -0.39 is 0 Å². The second-order valence-electron chi connectivity index (χ2n) is 4.97. The zero-order valence-electron chi connectivity index (χ0n) is 10.9. The van der Waals surface area contributed by atoms with Crippen LogP contribution in [0.3, 0.4) is 0 Å². The lowest BCUT2D eigenvalue weighted by atomic mass is 10.1. The molecule has 20 heavy (non-hydrogen) atoms. The van der Waals surface area contributed by atoms with Gasteiger partial charge in [0.15, 0.2) is 5.82 Å². The van der Waals surface area contributed by atoms with Crippen LogP contribution in [-0.4, -0.2) is 32.9 Å². The van der Waals surface area contributed by atoms with E-state index in [1.165, 1.54) is 0 Å². The molecule has 0 N–H and O–H groups in total. The normalized spacial score (nSPS) is 18.9. The van der Waals surface area contributed by atoms with Crippen molar-refractivity contribution in [2.45, 2.75) is 18.9 Å². The molecule has 0 amide bonds. The topological polar surface area (TPSA) is 66.0 Å². The summed E-state index contributed by atoms with van der Waals surface area (Å²) >= 11 is 0. The van der Waals surface area contributed by atoms with Crippen molar-refractivity contribution in [3.63, 3.8) is 0 Å². The van der Waals surface area contributed by atoms with Gasteiger partial charge in [-0.2, -0.15) is 4.98 Å². The predicted octanol–water partition coefficient (Wildman–Crippen LogP) is 1.97. The van der Waals surface area contributed by atoms with Gasteiger partial charge < -0.3 is 13.8 Å². The number of nitrogens with zero attached hydrogens (tertiary/aromatic N) is 4.